The summed E-state index contributed by atoms with van der Waals surface area (Å²) in [5.41, 5.74) is 7.56. The first-order valence-electron chi connectivity index (χ1n) is 14.1. The Labute approximate surface area is 254 Å². The van der Waals surface area contributed by atoms with Crippen molar-refractivity contribution in [2.75, 3.05) is 14.1 Å². The summed E-state index contributed by atoms with van der Waals surface area (Å²) < 4.78 is 0. The zero-order valence-corrected chi connectivity index (χ0v) is 26.1. The van der Waals surface area contributed by atoms with Gasteiger partial charge in [-0.1, -0.05) is 111 Å². The molecular formula is C36H61N5. The fraction of sp³-hybridized carbons (Fsp3) is 0.417. The van der Waals surface area contributed by atoms with Crippen LogP contribution in [0.4, 0.5) is 0 Å². The number of imidazole rings is 1. The van der Waals surface area contributed by atoms with Gasteiger partial charge in [0.15, 0.2) is 0 Å². The molecule has 2 heterocycles. The largest absolute Gasteiger partial charge is 0.349 e. The first kappa shape index (κ1) is 44.4. The van der Waals surface area contributed by atoms with E-state index in [1.807, 2.05) is 83.7 Å². The average Bonchev–Trinajstić information content (AvgIpc) is 3.54. The van der Waals surface area contributed by atoms with Crippen molar-refractivity contribution in [1.29, 1.82) is 0 Å². The molecule has 230 valence electrons. The summed E-state index contributed by atoms with van der Waals surface area (Å²) in [4.78, 5) is 14.9. The van der Waals surface area contributed by atoms with Gasteiger partial charge in [-0.25, -0.2) is 4.98 Å². The maximum Gasteiger partial charge on any atom is 0.0921 e. The molecule has 0 spiro atoms. The highest BCUT2D eigenvalue weighted by molar-refractivity contribution is 5.81. The van der Waals surface area contributed by atoms with E-state index in [4.69, 9.17) is 0 Å². The number of H-pyrrole nitrogens is 1. The molecule has 0 fully saturated rings. The van der Waals surface area contributed by atoms with Gasteiger partial charge in [0.05, 0.1) is 6.33 Å². The van der Waals surface area contributed by atoms with Gasteiger partial charge in [-0.3, -0.25) is 9.98 Å². The second-order valence-corrected chi connectivity index (χ2v) is 7.81. The maximum absolute atomic E-state index is 4.10. The van der Waals surface area contributed by atoms with Crippen LogP contribution in [0.5, 0.6) is 0 Å². The second kappa shape index (κ2) is 32.6. The molecule has 2 aromatic carbocycles. The van der Waals surface area contributed by atoms with Crippen LogP contribution in [0.25, 0.3) is 0 Å². The lowest BCUT2D eigenvalue weighted by molar-refractivity contribution is 0.812. The lowest BCUT2D eigenvalue weighted by Gasteiger charge is -2.02. The Morgan fingerprint density at radius 3 is 1.78 bits per heavy atom. The summed E-state index contributed by atoms with van der Waals surface area (Å²) >= 11 is 0. The molecule has 0 amide bonds. The Morgan fingerprint density at radius 1 is 0.805 bits per heavy atom. The molecule has 0 aliphatic rings. The lowest BCUT2D eigenvalue weighted by Crippen LogP contribution is -2.05. The summed E-state index contributed by atoms with van der Waals surface area (Å²) in [7, 11) is 3.75. The van der Waals surface area contributed by atoms with E-state index < -0.39 is 0 Å². The highest BCUT2D eigenvalue weighted by Crippen LogP contribution is 2.05. The van der Waals surface area contributed by atoms with E-state index in [9.17, 15) is 0 Å². The van der Waals surface area contributed by atoms with Gasteiger partial charge < -0.3 is 10.3 Å². The topological polar surface area (TPSA) is 66.0 Å². The van der Waals surface area contributed by atoms with Crippen molar-refractivity contribution in [3.05, 3.63) is 119 Å². The smallest absolute Gasteiger partial charge is 0.0921 e. The number of hydrogen-bond acceptors (Lipinski definition) is 4. The van der Waals surface area contributed by atoms with Crippen LogP contribution in [0, 0.1) is 13.8 Å². The molecule has 5 heteroatoms. The molecule has 5 nitrogen and oxygen atoms in total. The zero-order valence-electron chi connectivity index (χ0n) is 26.1. The Morgan fingerprint density at radius 2 is 1.39 bits per heavy atom. The van der Waals surface area contributed by atoms with Gasteiger partial charge >= 0.3 is 0 Å². The van der Waals surface area contributed by atoms with Gasteiger partial charge in [-0.05, 0) is 68.1 Å². The van der Waals surface area contributed by atoms with Crippen molar-refractivity contribution in [1.82, 2.24) is 20.3 Å². The molecule has 0 aliphatic heterocycles. The summed E-state index contributed by atoms with van der Waals surface area (Å²) in [6.45, 7) is 17.4. The Bertz CT molecular complexity index is 1060. The number of rotatable bonds is 5. The van der Waals surface area contributed by atoms with Gasteiger partial charge in [0, 0.05) is 43.6 Å². The minimum absolute atomic E-state index is 0. The maximum atomic E-state index is 4.10. The fourth-order valence-electron chi connectivity index (χ4n) is 2.95. The van der Waals surface area contributed by atoms with E-state index in [0.717, 1.165) is 25.1 Å². The van der Waals surface area contributed by atoms with E-state index in [0.29, 0.717) is 0 Å². The van der Waals surface area contributed by atoms with Crippen molar-refractivity contribution >= 4 is 6.21 Å². The molecule has 0 radical (unpaired) electrons. The third-order valence-electron chi connectivity index (χ3n) is 5.11. The van der Waals surface area contributed by atoms with Crippen LogP contribution in [-0.4, -0.2) is 35.3 Å². The molecule has 0 saturated heterocycles. The highest BCUT2D eigenvalue weighted by Gasteiger charge is 1.92. The summed E-state index contributed by atoms with van der Waals surface area (Å²) in [5, 5.41) is 3.12. The predicted octanol–water partition coefficient (Wildman–Crippen LogP) is 9.70. The first-order chi connectivity index (χ1) is 19.0. The highest BCUT2D eigenvalue weighted by atomic mass is 14.8. The molecule has 4 rings (SSSR count). The molecule has 0 atom stereocenters. The molecule has 0 saturated carbocycles. The van der Waals surface area contributed by atoms with Crippen LogP contribution in [0.2, 0.25) is 0 Å². The number of aromatic amines is 1. The molecule has 4 aromatic rings. The SMILES string of the molecule is C.C.CC.CC.CCc1ccccn1.CCc1cnc[nH]1.CN=Cc1ccccc1C.CNCc1ccccc1C. The summed E-state index contributed by atoms with van der Waals surface area (Å²) in [5.74, 6) is 0. The number of benzene rings is 2. The van der Waals surface area contributed by atoms with Crippen LogP contribution >= 0.6 is 0 Å². The summed E-state index contributed by atoms with van der Waals surface area (Å²) in [6, 6.07) is 22.6. The lowest BCUT2D eigenvalue weighted by atomic mass is 10.1. The van der Waals surface area contributed by atoms with E-state index >= 15 is 0 Å². The number of aliphatic imine (C=N–C) groups is 1. The van der Waals surface area contributed by atoms with Crippen LogP contribution < -0.4 is 5.32 Å². The molecule has 0 unspecified atom stereocenters. The number of pyridine rings is 1. The van der Waals surface area contributed by atoms with Crippen molar-refractivity contribution < 1.29 is 0 Å². The van der Waals surface area contributed by atoms with Gasteiger partial charge in [0.25, 0.3) is 0 Å². The number of aryl methyl sites for hydroxylation is 4. The number of aromatic nitrogens is 3. The molecule has 41 heavy (non-hydrogen) atoms. The van der Waals surface area contributed by atoms with Gasteiger partial charge in [-0.15, -0.1) is 0 Å². The average molecular weight is 564 g/mol. The zero-order chi connectivity index (χ0) is 29.7. The number of hydrogen-bond donors (Lipinski definition) is 2. The monoisotopic (exact) mass is 563 g/mol. The quantitative estimate of drug-likeness (QED) is 0.238. The molecule has 0 aliphatic carbocycles. The van der Waals surface area contributed by atoms with Crippen LogP contribution in [0.1, 0.15) is 90.0 Å². The molecule has 2 aromatic heterocycles. The van der Waals surface area contributed by atoms with Crippen molar-refractivity contribution in [3.8, 4) is 0 Å². The van der Waals surface area contributed by atoms with Gasteiger partial charge in [0.1, 0.15) is 0 Å². The Hall–Kier alpha value is -3.57. The van der Waals surface area contributed by atoms with Gasteiger partial charge in [0.2, 0.25) is 0 Å². The van der Waals surface area contributed by atoms with E-state index in [2.05, 4.69) is 89.4 Å². The Kier molecular flexibility index (Phi) is 35.4. The van der Waals surface area contributed by atoms with Gasteiger partial charge in [-0.2, -0.15) is 0 Å². The minimum Gasteiger partial charge on any atom is -0.349 e. The second-order valence-electron chi connectivity index (χ2n) is 7.81. The molecule has 0 bridgehead atoms. The van der Waals surface area contributed by atoms with Crippen LogP contribution in [0.3, 0.4) is 0 Å². The summed E-state index contributed by atoms with van der Waals surface area (Å²) in [6.07, 6.45) is 9.29. The predicted molar refractivity (Wildman–Crippen MR) is 186 cm³/mol. The normalized spacial score (nSPS) is 8.63. The van der Waals surface area contributed by atoms with E-state index in [1.165, 1.54) is 27.9 Å². The van der Waals surface area contributed by atoms with Crippen molar-refractivity contribution in [2.45, 2.75) is 89.6 Å². The number of nitrogens with one attached hydrogen (secondary N) is 2. The van der Waals surface area contributed by atoms with Crippen molar-refractivity contribution in [3.63, 3.8) is 0 Å². The van der Waals surface area contributed by atoms with Crippen molar-refractivity contribution in [2.24, 2.45) is 4.99 Å². The third-order valence-corrected chi connectivity index (χ3v) is 5.11. The van der Waals surface area contributed by atoms with Crippen LogP contribution in [-0.2, 0) is 19.4 Å². The van der Waals surface area contributed by atoms with E-state index in [-0.39, 0.29) is 14.9 Å². The molecule has 2 N–H and O–H groups in total. The first-order valence-corrected chi connectivity index (χ1v) is 14.1. The fourth-order valence-corrected chi connectivity index (χ4v) is 2.95. The standard InChI is InChI=1S/C9H13N.C9H11N.C7H9N.C5H8N2.2C2H6.2CH4/c2*1-8-5-3-4-6-9(8)7-10-2;1-2-7-5-3-4-6-8-7;1-2-5-3-6-4-7-5;2*1-2;;/h3-6,10H,7H2,1-2H3;3-7H,1-2H3;3-6H,2H2,1H3;3-4H,2H2,1H3,(H,6,7);2*1-2H3;2*1H4. The number of nitrogens with zero attached hydrogens (tertiary/aromatic N) is 3. The minimum atomic E-state index is 0. The Balaban J connectivity index is -0.000000212. The molecular weight excluding hydrogens is 502 g/mol. The third kappa shape index (κ3) is 22.9. The van der Waals surface area contributed by atoms with Crippen LogP contribution in [0.15, 0.2) is 90.4 Å². The van der Waals surface area contributed by atoms with E-state index in [1.54, 1.807) is 13.4 Å².